The number of allylic oxidation sites excluding steroid dienone is 6. The number of imidazole rings is 1. The van der Waals surface area contributed by atoms with E-state index in [0.29, 0.717) is 16.9 Å². The number of aromatic nitrogens is 2. The van der Waals surface area contributed by atoms with Crippen LogP contribution in [-0.4, -0.2) is 20.8 Å². The molecule has 6 heteroatoms. The minimum absolute atomic E-state index is 0.269. The van der Waals surface area contributed by atoms with Crippen molar-refractivity contribution in [1.82, 2.24) is 9.55 Å². The number of ether oxygens (including phenoxy) is 1. The number of aliphatic hydroxyl groups excluding tert-OH is 1. The van der Waals surface area contributed by atoms with E-state index in [2.05, 4.69) is 11.6 Å². The lowest BCUT2D eigenvalue weighted by Gasteiger charge is -2.09. The molecule has 1 atom stereocenters. The summed E-state index contributed by atoms with van der Waals surface area (Å²) in [5.74, 6) is 0.984. The molecule has 2 rings (SSSR count). The molecule has 1 aromatic carbocycles. The lowest BCUT2D eigenvalue weighted by Crippen LogP contribution is -1.96. The van der Waals surface area contributed by atoms with Gasteiger partial charge in [-0.2, -0.15) is 0 Å². The van der Waals surface area contributed by atoms with Crippen molar-refractivity contribution in [2.24, 2.45) is 0 Å². The standard InChI is InChI=1S/C23H26F2N2O2/c1-5-19(23-10-9-21(25)11-20(23)14-28)12-27-13-22(26-18(27)4)15-29-17(3)8-6-7-16(2)24/h5-13,16,28H,1,14-15H2,2-4H3/b7-6-,17-8+,19-12+. The highest BCUT2D eigenvalue weighted by molar-refractivity contribution is 5.83. The number of aryl methyl sites for hydroxylation is 1. The molecule has 2 aromatic rings. The topological polar surface area (TPSA) is 47.3 Å². The minimum Gasteiger partial charge on any atom is -0.492 e. The molecule has 29 heavy (non-hydrogen) atoms. The number of hydrogen-bond acceptors (Lipinski definition) is 3. The van der Waals surface area contributed by atoms with Crippen molar-refractivity contribution in [2.75, 3.05) is 0 Å². The maximum absolute atomic E-state index is 13.5. The highest BCUT2D eigenvalue weighted by Crippen LogP contribution is 2.23. The van der Waals surface area contributed by atoms with E-state index < -0.39 is 12.0 Å². The predicted octanol–water partition coefficient (Wildman–Crippen LogP) is 5.34. The number of halogens is 2. The smallest absolute Gasteiger partial charge is 0.131 e. The summed E-state index contributed by atoms with van der Waals surface area (Å²) in [5, 5.41) is 9.53. The van der Waals surface area contributed by atoms with Crippen LogP contribution in [-0.2, 0) is 18.0 Å². The van der Waals surface area contributed by atoms with Gasteiger partial charge in [0.15, 0.2) is 0 Å². The van der Waals surface area contributed by atoms with Gasteiger partial charge >= 0.3 is 0 Å². The lowest BCUT2D eigenvalue weighted by molar-refractivity contribution is 0.197. The van der Waals surface area contributed by atoms with E-state index in [4.69, 9.17) is 4.74 Å². The molecular weight excluding hydrogens is 374 g/mol. The molecular formula is C23H26F2N2O2. The van der Waals surface area contributed by atoms with Crippen LogP contribution >= 0.6 is 0 Å². The predicted molar refractivity (Wildman–Crippen MR) is 112 cm³/mol. The molecule has 0 aliphatic rings. The van der Waals surface area contributed by atoms with Gasteiger partial charge < -0.3 is 14.4 Å². The molecule has 1 unspecified atom stereocenters. The van der Waals surface area contributed by atoms with E-state index >= 15 is 0 Å². The molecule has 0 fully saturated rings. The second-order valence-electron chi connectivity index (χ2n) is 6.56. The number of alkyl halides is 1. The van der Waals surface area contributed by atoms with Gasteiger partial charge in [0.05, 0.1) is 18.1 Å². The number of aliphatic hydroxyl groups is 1. The second-order valence-corrected chi connectivity index (χ2v) is 6.56. The third kappa shape index (κ3) is 6.54. The molecule has 1 aromatic heterocycles. The number of rotatable bonds is 9. The Kier molecular flexibility index (Phi) is 8.09. The molecule has 154 valence electrons. The van der Waals surface area contributed by atoms with Crippen LogP contribution in [0.3, 0.4) is 0 Å². The van der Waals surface area contributed by atoms with Crippen LogP contribution in [0.2, 0.25) is 0 Å². The molecule has 0 aliphatic carbocycles. The van der Waals surface area contributed by atoms with Gasteiger partial charge in [-0.05, 0) is 55.7 Å². The van der Waals surface area contributed by atoms with Crippen LogP contribution in [0.5, 0.6) is 0 Å². The Balaban J connectivity index is 2.19. The summed E-state index contributed by atoms with van der Waals surface area (Å²) < 4.78 is 33.7. The maximum Gasteiger partial charge on any atom is 0.131 e. The Morgan fingerprint density at radius 3 is 2.83 bits per heavy atom. The zero-order valence-corrected chi connectivity index (χ0v) is 16.9. The van der Waals surface area contributed by atoms with Gasteiger partial charge in [-0.25, -0.2) is 13.8 Å². The summed E-state index contributed by atoms with van der Waals surface area (Å²) in [6, 6.07) is 4.27. The van der Waals surface area contributed by atoms with E-state index in [9.17, 15) is 13.9 Å². The monoisotopic (exact) mass is 400 g/mol. The van der Waals surface area contributed by atoms with Gasteiger partial charge in [0.2, 0.25) is 0 Å². The Morgan fingerprint density at radius 2 is 2.17 bits per heavy atom. The molecule has 0 spiro atoms. The Labute approximate surface area is 170 Å². The number of nitrogens with zero attached hydrogens (tertiary/aromatic N) is 2. The first-order valence-corrected chi connectivity index (χ1v) is 9.24. The van der Waals surface area contributed by atoms with E-state index in [0.717, 1.165) is 17.1 Å². The molecule has 0 radical (unpaired) electrons. The first kappa shape index (κ1) is 22.3. The van der Waals surface area contributed by atoms with Crippen LogP contribution in [0.4, 0.5) is 8.78 Å². The fourth-order valence-electron chi connectivity index (χ4n) is 2.69. The SMILES string of the molecule is C=C/C(=C\n1cc(CO/C(C)=C/C=C\C(C)F)nc1C)c1ccc(F)cc1CO. The number of hydrogen-bond donors (Lipinski definition) is 1. The first-order valence-electron chi connectivity index (χ1n) is 9.24. The summed E-state index contributed by atoms with van der Waals surface area (Å²) >= 11 is 0. The van der Waals surface area contributed by atoms with Crippen molar-refractivity contribution in [1.29, 1.82) is 0 Å². The Hall–Kier alpha value is -2.99. The zero-order valence-electron chi connectivity index (χ0n) is 16.9. The molecule has 0 bridgehead atoms. The van der Waals surface area contributed by atoms with Gasteiger partial charge in [0, 0.05) is 12.4 Å². The third-order valence-corrected chi connectivity index (χ3v) is 4.17. The van der Waals surface area contributed by atoms with E-state index in [-0.39, 0.29) is 13.2 Å². The Morgan fingerprint density at radius 1 is 1.41 bits per heavy atom. The highest BCUT2D eigenvalue weighted by atomic mass is 19.1. The van der Waals surface area contributed by atoms with Crippen molar-refractivity contribution in [3.63, 3.8) is 0 Å². The normalized spacial score (nSPS) is 13.7. The van der Waals surface area contributed by atoms with E-state index in [1.165, 1.54) is 25.1 Å². The summed E-state index contributed by atoms with van der Waals surface area (Å²) in [7, 11) is 0. The van der Waals surface area contributed by atoms with Crippen molar-refractivity contribution < 1.29 is 18.6 Å². The molecule has 0 saturated carbocycles. The van der Waals surface area contributed by atoms with Crippen molar-refractivity contribution >= 4 is 11.8 Å². The average molecular weight is 400 g/mol. The minimum atomic E-state index is -1.00. The van der Waals surface area contributed by atoms with Gasteiger partial charge in [0.1, 0.15) is 24.4 Å². The molecule has 1 N–H and O–H groups in total. The summed E-state index contributed by atoms with van der Waals surface area (Å²) in [4.78, 5) is 4.47. The van der Waals surface area contributed by atoms with Crippen LogP contribution in [0.15, 0.2) is 61.0 Å². The van der Waals surface area contributed by atoms with Gasteiger partial charge in [-0.1, -0.05) is 30.9 Å². The largest absolute Gasteiger partial charge is 0.492 e. The summed E-state index contributed by atoms with van der Waals surface area (Å²) in [6.45, 7) is 8.92. The van der Waals surface area contributed by atoms with Crippen LogP contribution in [0.1, 0.15) is 36.5 Å². The number of benzene rings is 1. The Bertz CT molecular complexity index is 940. The fourth-order valence-corrected chi connectivity index (χ4v) is 2.69. The van der Waals surface area contributed by atoms with E-state index in [1.54, 1.807) is 31.2 Å². The average Bonchev–Trinajstić information content (AvgIpc) is 3.03. The molecule has 1 heterocycles. The summed E-state index contributed by atoms with van der Waals surface area (Å²) in [5.41, 5.74) is 2.62. The zero-order chi connectivity index (χ0) is 21.4. The highest BCUT2D eigenvalue weighted by Gasteiger charge is 2.09. The van der Waals surface area contributed by atoms with Gasteiger partial charge in [0.25, 0.3) is 0 Å². The third-order valence-electron chi connectivity index (χ3n) is 4.17. The van der Waals surface area contributed by atoms with Crippen molar-refractivity contribution in [2.45, 2.75) is 40.2 Å². The van der Waals surface area contributed by atoms with Gasteiger partial charge in [-0.15, -0.1) is 0 Å². The molecule has 0 aliphatic heterocycles. The first-order chi connectivity index (χ1) is 13.8. The van der Waals surface area contributed by atoms with Crippen LogP contribution < -0.4 is 0 Å². The fraction of sp³-hybridized carbons (Fsp3) is 0.261. The quantitative estimate of drug-likeness (QED) is 0.456. The second kappa shape index (κ2) is 10.5. The molecule has 4 nitrogen and oxygen atoms in total. The summed E-state index contributed by atoms with van der Waals surface area (Å²) in [6.07, 6.45) is 9.03. The van der Waals surface area contributed by atoms with E-state index in [1.807, 2.05) is 23.9 Å². The van der Waals surface area contributed by atoms with Crippen molar-refractivity contribution in [3.8, 4) is 0 Å². The van der Waals surface area contributed by atoms with Crippen LogP contribution in [0, 0.1) is 12.7 Å². The molecule has 0 saturated heterocycles. The van der Waals surface area contributed by atoms with Crippen molar-refractivity contribution in [3.05, 3.63) is 89.5 Å². The lowest BCUT2D eigenvalue weighted by atomic mass is 10.0. The van der Waals surface area contributed by atoms with Crippen LogP contribution in [0.25, 0.3) is 11.8 Å². The maximum atomic E-state index is 13.5. The molecule has 0 amide bonds. The van der Waals surface area contributed by atoms with Gasteiger partial charge in [-0.3, -0.25) is 0 Å².